The maximum absolute atomic E-state index is 12.4. The number of nitrogens with one attached hydrogen (secondary N) is 2. The Balaban J connectivity index is 1.58. The molecule has 1 fully saturated rings. The fourth-order valence-corrected chi connectivity index (χ4v) is 4.30. The molecule has 0 bridgehead atoms. The molecule has 3 heterocycles. The maximum Gasteiger partial charge on any atom is 0.279 e. The summed E-state index contributed by atoms with van der Waals surface area (Å²) < 4.78 is 0.981. The number of thiazole rings is 1. The van der Waals surface area contributed by atoms with Gasteiger partial charge in [0.1, 0.15) is 23.3 Å². The van der Waals surface area contributed by atoms with Crippen LogP contribution in [0.25, 0.3) is 10.2 Å². The molecule has 1 aromatic carbocycles. The number of ketones is 1. The van der Waals surface area contributed by atoms with Crippen molar-refractivity contribution in [1.29, 1.82) is 5.41 Å². The summed E-state index contributed by atoms with van der Waals surface area (Å²) in [5, 5.41) is 12.0. The number of aromatic nitrogens is 1. The molecule has 1 saturated heterocycles. The fraction of sp³-hybridized carbons (Fsp3) is 0.125. The van der Waals surface area contributed by atoms with Crippen LogP contribution in [0, 0.1) is 5.41 Å². The molecule has 1 aliphatic heterocycles. The third-order valence-electron chi connectivity index (χ3n) is 3.74. The lowest BCUT2D eigenvalue weighted by molar-refractivity contribution is -0.118. The van der Waals surface area contributed by atoms with Crippen molar-refractivity contribution in [2.45, 2.75) is 5.92 Å². The summed E-state index contributed by atoms with van der Waals surface area (Å²) in [4.78, 5) is 29.5. The average Bonchev–Trinajstić information content (AvgIpc) is 3.27. The third kappa shape index (κ3) is 2.49. The van der Waals surface area contributed by atoms with Crippen LogP contribution in [0.15, 0.2) is 41.8 Å². The third-order valence-corrected chi connectivity index (χ3v) is 5.71. The molecule has 0 radical (unpaired) electrons. The van der Waals surface area contributed by atoms with Gasteiger partial charge in [-0.25, -0.2) is 4.98 Å². The first-order valence-electron chi connectivity index (χ1n) is 7.22. The van der Waals surface area contributed by atoms with Gasteiger partial charge in [-0.1, -0.05) is 18.2 Å². The zero-order valence-electron chi connectivity index (χ0n) is 12.4. The van der Waals surface area contributed by atoms with Gasteiger partial charge >= 0.3 is 0 Å². The monoisotopic (exact) mass is 356 g/mol. The highest BCUT2D eigenvalue weighted by atomic mass is 32.1. The van der Waals surface area contributed by atoms with E-state index in [0.29, 0.717) is 9.88 Å². The van der Waals surface area contributed by atoms with E-state index < -0.39 is 5.92 Å². The van der Waals surface area contributed by atoms with E-state index in [4.69, 9.17) is 5.41 Å². The van der Waals surface area contributed by atoms with Crippen molar-refractivity contribution in [2.75, 3.05) is 6.54 Å². The van der Waals surface area contributed by atoms with Gasteiger partial charge in [0, 0.05) is 0 Å². The van der Waals surface area contributed by atoms with Crippen molar-refractivity contribution in [1.82, 2.24) is 15.4 Å². The van der Waals surface area contributed by atoms with Crippen molar-refractivity contribution in [3.8, 4) is 0 Å². The zero-order valence-corrected chi connectivity index (χ0v) is 14.0. The second kappa shape index (κ2) is 5.81. The van der Waals surface area contributed by atoms with Crippen LogP contribution >= 0.6 is 22.7 Å². The highest BCUT2D eigenvalue weighted by Crippen LogP contribution is 2.32. The van der Waals surface area contributed by atoms with E-state index in [2.05, 4.69) is 10.4 Å². The number of carbonyl (C=O) groups excluding carboxylic acids is 2. The Labute approximate surface area is 145 Å². The molecule has 6 nitrogen and oxygen atoms in total. The summed E-state index contributed by atoms with van der Waals surface area (Å²) in [5.41, 5.74) is 3.45. The number of hydrogen-bond acceptors (Lipinski definition) is 6. The van der Waals surface area contributed by atoms with E-state index in [1.165, 1.54) is 27.7 Å². The van der Waals surface area contributed by atoms with E-state index >= 15 is 0 Å². The van der Waals surface area contributed by atoms with Crippen LogP contribution in [0.3, 0.4) is 0 Å². The number of para-hydroxylation sites is 1. The second-order valence-corrected chi connectivity index (χ2v) is 7.32. The van der Waals surface area contributed by atoms with E-state index in [1.807, 2.05) is 24.3 Å². The first-order chi connectivity index (χ1) is 11.6. The van der Waals surface area contributed by atoms with Crippen LogP contribution in [0.5, 0.6) is 0 Å². The molecule has 0 aliphatic carbocycles. The lowest BCUT2D eigenvalue weighted by Gasteiger charge is -2.18. The minimum atomic E-state index is -0.717. The van der Waals surface area contributed by atoms with Crippen LogP contribution in [-0.4, -0.2) is 34.1 Å². The molecule has 120 valence electrons. The highest BCUT2D eigenvalue weighted by molar-refractivity contribution is 7.18. The molecule has 1 amide bonds. The van der Waals surface area contributed by atoms with Gasteiger partial charge in [0.15, 0.2) is 5.78 Å². The zero-order chi connectivity index (χ0) is 16.7. The van der Waals surface area contributed by atoms with E-state index in [-0.39, 0.29) is 24.1 Å². The van der Waals surface area contributed by atoms with Gasteiger partial charge in [-0.05, 0) is 23.6 Å². The number of hydrazine groups is 1. The standard InChI is InChI=1S/C16H12N4O2S2/c17-14-13(16-18-9-4-1-2-5-11(9)24-16)10(21)8-20(14)19-15(22)12-6-3-7-23-12/h1-7,13,17H,8H2,(H,19,22). The van der Waals surface area contributed by atoms with Crippen LogP contribution in [-0.2, 0) is 4.79 Å². The number of thiophene rings is 1. The van der Waals surface area contributed by atoms with Gasteiger partial charge in [-0.3, -0.25) is 25.4 Å². The average molecular weight is 356 g/mol. The molecule has 2 aromatic heterocycles. The molecular formula is C16H12N4O2S2. The molecule has 24 heavy (non-hydrogen) atoms. The molecule has 1 atom stereocenters. The molecule has 1 unspecified atom stereocenters. The van der Waals surface area contributed by atoms with Crippen molar-refractivity contribution < 1.29 is 9.59 Å². The SMILES string of the molecule is N=C1C(c2nc3ccccc3s2)C(=O)CN1NC(=O)c1cccs1. The Morgan fingerprint density at radius 3 is 2.88 bits per heavy atom. The van der Waals surface area contributed by atoms with Gasteiger partial charge in [-0.2, -0.15) is 0 Å². The van der Waals surface area contributed by atoms with Gasteiger partial charge in [0.2, 0.25) is 0 Å². The number of fused-ring (bicyclic) bond motifs is 1. The van der Waals surface area contributed by atoms with Crippen LogP contribution in [0.4, 0.5) is 0 Å². The van der Waals surface area contributed by atoms with E-state index in [9.17, 15) is 9.59 Å². The molecule has 8 heteroatoms. The number of hydrogen-bond donors (Lipinski definition) is 2. The Morgan fingerprint density at radius 2 is 2.12 bits per heavy atom. The molecule has 0 spiro atoms. The lowest BCUT2D eigenvalue weighted by atomic mass is 10.1. The normalized spacial score (nSPS) is 17.7. The Hall–Kier alpha value is -2.58. The number of amides is 1. The first-order valence-corrected chi connectivity index (χ1v) is 8.92. The number of amidine groups is 1. The Bertz CT molecular complexity index is 915. The number of rotatable bonds is 3. The molecule has 4 rings (SSSR count). The first kappa shape index (κ1) is 15.0. The van der Waals surface area contributed by atoms with Crippen LogP contribution < -0.4 is 5.43 Å². The van der Waals surface area contributed by atoms with Gasteiger partial charge in [-0.15, -0.1) is 22.7 Å². The second-order valence-electron chi connectivity index (χ2n) is 5.31. The number of nitrogens with zero attached hydrogens (tertiary/aromatic N) is 2. The van der Waals surface area contributed by atoms with Crippen molar-refractivity contribution in [2.24, 2.45) is 0 Å². The molecule has 1 aliphatic rings. The Kier molecular flexibility index (Phi) is 3.62. The van der Waals surface area contributed by atoms with Crippen molar-refractivity contribution in [3.05, 3.63) is 51.7 Å². The topological polar surface area (TPSA) is 86.2 Å². The summed E-state index contributed by atoms with van der Waals surface area (Å²) in [6, 6.07) is 11.1. The van der Waals surface area contributed by atoms with Crippen LogP contribution in [0.2, 0.25) is 0 Å². The molecular weight excluding hydrogens is 344 g/mol. The van der Waals surface area contributed by atoms with Crippen molar-refractivity contribution >= 4 is 50.4 Å². The van der Waals surface area contributed by atoms with Gasteiger partial charge in [0.25, 0.3) is 5.91 Å². The molecule has 3 aromatic rings. The highest BCUT2D eigenvalue weighted by Gasteiger charge is 2.40. The maximum atomic E-state index is 12.4. The number of carbonyl (C=O) groups is 2. The minimum absolute atomic E-state index is 0.0173. The fourth-order valence-electron chi connectivity index (χ4n) is 2.59. The molecule has 0 saturated carbocycles. The predicted molar refractivity (Wildman–Crippen MR) is 93.6 cm³/mol. The minimum Gasteiger partial charge on any atom is -0.296 e. The van der Waals surface area contributed by atoms with Gasteiger partial charge < -0.3 is 0 Å². The lowest BCUT2D eigenvalue weighted by Crippen LogP contribution is -2.43. The Morgan fingerprint density at radius 1 is 1.29 bits per heavy atom. The summed E-state index contributed by atoms with van der Waals surface area (Å²) in [5.74, 6) is -1.10. The van der Waals surface area contributed by atoms with Crippen molar-refractivity contribution in [3.63, 3.8) is 0 Å². The van der Waals surface area contributed by atoms with E-state index in [1.54, 1.807) is 17.5 Å². The smallest absolute Gasteiger partial charge is 0.279 e. The predicted octanol–water partition coefficient (Wildman–Crippen LogP) is 2.65. The largest absolute Gasteiger partial charge is 0.296 e. The van der Waals surface area contributed by atoms with Gasteiger partial charge in [0.05, 0.1) is 15.1 Å². The number of Topliss-reactive ketones (excluding diaryl/α,β-unsaturated/α-hetero) is 1. The van der Waals surface area contributed by atoms with Crippen LogP contribution in [0.1, 0.15) is 20.6 Å². The summed E-state index contributed by atoms with van der Waals surface area (Å²) in [7, 11) is 0. The summed E-state index contributed by atoms with van der Waals surface area (Å²) in [6.07, 6.45) is 0. The number of benzene rings is 1. The summed E-state index contributed by atoms with van der Waals surface area (Å²) >= 11 is 2.72. The summed E-state index contributed by atoms with van der Waals surface area (Å²) in [6.45, 7) is -0.0173. The quantitative estimate of drug-likeness (QED) is 0.755. The molecule has 2 N–H and O–H groups in total. The van der Waals surface area contributed by atoms with E-state index in [0.717, 1.165) is 10.2 Å².